The van der Waals surface area contributed by atoms with Crippen LogP contribution in [0, 0.1) is 6.92 Å². The lowest BCUT2D eigenvalue weighted by atomic mass is 9.98. The van der Waals surface area contributed by atoms with Gasteiger partial charge in [0.25, 0.3) is 0 Å². The number of carbonyl (C=O) groups excluding carboxylic acids is 1. The van der Waals surface area contributed by atoms with Gasteiger partial charge in [-0.15, -0.1) is 0 Å². The van der Waals surface area contributed by atoms with Crippen LogP contribution in [0.4, 0.5) is 0 Å². The number of aliphatic hydroxyl groups excluding tert-OH is 5. The van der Waals surface area contributed by atoms with E-state index < -0.39 is 55.6 Å². The predicted octanol–water partition coefficient (Wildman–Crippen LogP) is 13.0. The summed E-state index contributed by atoms with van der Waals surface area (Å²) < 4.78 is 17.8. The number of carbonyl (C=O) groups is 1. The molecule has 8 atom stereocenters. The van der Waals surface area contributed by atoms with Crippen molar-refractivity contribution in [1.29, 1.82) is 0 Å². The van der Waals surface area contributed by atoms with Gasteiger partial charge in [-0.3, -0.25) is 4.79 Å². The molecule has 0 bridgehead atoms. The van der Waals surface area contributed by atoms with Crippen LogP contribution in [0.2, 0.25) is 0 Å². The summed E-state index contributed by atoms with van der Waals surface area (Å²) in [4.78, 5) is 13.3. The van der Waals surface area contributed by atoms with Crippen molar-refractivity contribution in [2.75, 3.05) is 13.2 Å². The Morgan fingerprint density at radius 3 is 1.38 bits per heavy atom. The van der Waals surface area contributed by atoms with Crippen LogP contribution in [0.3, 0.4) is 0 Å². The fourth-order valence-corrected chi connectivity index (χ4v) is 9.68. The van der Waals surface area contributed by atoms with Crippen LogP contribution in [-0.4, -0.2) is 93.6 Å². The van der Waals surface area contributed by atoms with Crippen molar-refractivity contribution in [3.63, 3.8) is 0 Å². The van der Waals surface area contributed by atoms with E-state index in [2.05, 4.69) is 19.2 Å². The summed E-state index contributed by atoms with van der Waals surface area (Å²) in [6.45, 7) is 5.91. The Hall–Kier alpha value is -1.63. The maximum atomic E-state index is 13.3. The minimum absolute atomic E-state index is 0.150. The van der Waals surface area contributed by atoms with Gasteiger partial charge < -0.3 is 45.1 Å². The molecular weight excluding hydrogens is 855 g/mol. The molecule has 1 fully saturated rings. The first-order chi connectivity index (χ1) is 33.2. The summed E-state index contributed by atoms with van der Waals surface area (Å²) >= 11 is 0. The zero-order valence-corrected chi connectivity index (χ0v) is 44.1. The summed E-state index contributed by atoms with van der Waals surface area (Å²) in [6, 6.07) is 6.76. The molecule has 68 heavy (non-hydrogen) atoms. The minimum Gasteiger partial charge on any atom is -0.394 e. The first-order valence-corrected chi connectivity index (χ1v) is 28.8. The SMILES string of the molecule is CCCCCCCCCCCCCCCCCCCCCCCCCC(=O)N[C@@H](CO[C@H]1O[C@H](CO)[C@H](OCc2ccc(C)cc2)[C@H](O)[C@H]1O)[C@H](O)[C@H](O)CCCCCCCCCCCCCC. The molecule has 1 amide bonds. The van der Waals surface area contributed by atoms with Gasteiger partial charge in [-0.25, -0.2) is 0 Å². The molecule has 10 nitrogen and oxygen atoms in total. The predicted molar refractivity (Wildman–Crippen MR) is 280 cm³/mol. The van der Waals surface area contributed by atoms with Crippen LogP contribution >= 0.6 is 0 Å². The third-order valence-corrected chi connectivity index (χ3v) is 14.3. The Balaban J connectivity index is 1.70. The molecule has 0 radical (unpaired) electrons. The molecule has 1 aliphatic rings. The smallest absolute Gasteiger partial charge is 0.220 e. The molecule has 0 aromatic heterocycles. The largest absolute Gasteiger partial charge is 0.394 e. The van der Waals surface area contributed by atoms with Gasteiger partial charge >= 0.3 is 0 Å². The van der Waals surface area contributed by atoms with Crippen molar-refractivity contribution in [2.24, 2.45) is 0 Å². The second kappa shape index (κ2) is 43.0. The second-order valence-corrected chi connectivity index (χ2v) is 20.7. The molecule has 0 spiro atoms. The number of unbranched alkanes of at least 4 members (excludes halogenated alkanes) is 33. The summed E-state index contributed by atoms with van der Waals surface area (Å²) in [5.74, 6) is -0.235. The van der Waals surface area contributed by atoms with Gasteiger partial charge in [-0.05, 0) is 25.3 Å². The Labute approximate surface area is 416 Å². The second-order valence-electron chi connectivity index (χ2n) is 20.7. The van der Waals surface area contributed by atoms with E-state index in [0.29, 0.717) is 12.8 Å². The maximum Gasteiger partial charge on any atom is 0.220 e. The Morgan fingerprint density at radius 2 is 0.971 bits per heavy atom. The summed E-state index contributed by atoms with van der Waals surface area (Å²) in [5.41, 5.74) is 1.98. The zero-order chi connectivity index (χ0) is 49.3. The monoisotopic (exact) mass is 962 g/mol. The fourth-order valence-electron chi connectivity index (χ4n) is 9.68. The molecule has 2 rings (SSSR count). The molecule has 6 N–H and O–H groups in total. The van der Waals surface area contributed by atoms with Crippen molar-refractivity contribution in [3.8, 4) is 0 Å². The van der Waals surface area contributed by atoms with Crippen molar-refractivity contribution >= 4 is 5.91 Å². The van der Waals surface area contributed by atoms with Crippen LogP contribution in [0.15, 0.2) is 24.3 Å². The highest BCUT2D eigenvalue weighted by Gasteiger charge is 2.46. The standard InChI is InChI=1S/C58H107NO9/c1-4-6-8-10-12-14-16-18-19-20-21-22-23-24-25-26-27-28-30-32-34-36-38-40-53(62)59-50(54(63)51(61)39-37-35-33-31-29-17-15-13-11-9-7-5-2)47-67-58-56(65)55(64)57(52(45-60)68-58)66-46-49-43-41-48(3)42-44-49/h41-44,50-52,54-58,60-61,63-65H,4-40,45-47H2,1-3H3,(H,59,62)/t50-,51+,52+,54-,55+,56+,57-,58-/m0/s1. The van der Waals surface area contributed by atoms with Gasteiger partial charge in [-0.1, -0.05) is 262 Å². The average molecular weight is 962 g/mol. The number of benzene rings is 1. The van der Waals surface area contributed by atoms with E-state index in [1.165, 1.54) is 186 Å². The molecule has 0 unspecified atom stereocenters. The molecule has 0 saturated carbocycles. The summed E-state index contributed by atoms with van der Waals surface area (Å²) in [6.07, 6.45) is 36.5. The molecule has 1 aromatic carbocycles. The van der Waals surface area contributed by atoms with Gasteiger partial charge in [0.05, 0.1) is 32.0 Å². The third-order valence-electron chi connectivity index (χ3n) is 14.3. The average Bonchev–Trinajstić information content (AvgIpc) is 3.34. The van der Waals surface area contributed by atoms with Gasteiger partial charge in [0.2, 0.25) is 5.91 Å². The lowest BCUT2D eigenvalue weighted by Crippen LogP contribution is -2.61. The highest BCUT2D eigenvalue weighted by Crippen LogP contribution is 2.26. The van der Waals surface area contributed by atoms with Crippen molar-refractivity contribution < 1.29 is 44.5 Å². The zero-order valence-electron chi connectivity index (χ0n) is 44.1. The molecule has 1 saturated heterocycles. The van der Waals surface area contributed by atoms with E-state index in [0.717, 1.165) is 49.7 Å². The molecule has 1 heterocycles. The number of hydrogen-bond acceptors (Lipinski definition) is 9. The summed E-state index contributed by atoms with van der Waals surface area (Å²) in [7, 11) is 0. The van der Waals surface area contributed by atoms with E-state index >= 15 is 0 Å². The number of amides is 1. The van der Waals surface area contributed by atoms with Crippen molar-refractivity contribution in [2.45, 2.75) is 314 Å². The quantitative estimate of drug-likeness (QED) is 0.0350. The van der Waals surface area contributed by atoms with E-state index in [-0.39, 0.29) is 19.1 Å². The Bertz CT molecular complexity index is 1270. The van der Waals surface area contributed by atoms with Crippen molar-refractivity contribution in [1.82, 2.24) is 5.32 Å². The number of aliphatic hydroxyl groups is 5. The molecular formula is C58H107NO9. The van der Waals surface area contributed by atoms with Gasteiger partial charge in [0.1, 0.15) is 30.5 Å². The number of nitrogens with one attached hydrogen (secondary N) is 1. The third kappa shape index (κ3) is 31.0. The number of ether oxygens (including phenoxy) is 3. The van der Waals surface area contributed by atoms with Crippen LogP contribution in [0.1, 0.15) is 263 Å². The van der Waals surface area contributed by atoms with E-state index in [9.17, 15) is 30.3 Å². The Kier molecular flexibility index (Phi) is 39.5. The topological polar surface area (TPSA) is 158 Å². The van der Waals surface area contributed by atoms with Crippen LogP contribution in [0.25, 0.3) is 0 Å². The van der Waals surface area contributed by atoms with Gasteiger partial charge in [0, 0.05) is 6.42 Å². The Morgan fingerprint density at radius 1 is 0.574 bits per heavy atom. The molecule has 10 heteroatoms. The van der Waals surface area contributed by atoms with Gasteiger partial charge in [0.15, 0.2) is 6.29 Å². The highest BCUT2D eigenvalue weighted by molar-refractivity contribution is 5.76. The number of hydrogen-bond donors (Lipinski definition) is 6. The van der Waals surface area contributed by atoms with Crippen LogP contribution in [-0.2, 0) is 25.6 Å². The summed E-state index contributed by atoms with van der Waals surface area (Å²) in [5, 5.41) is 57.7. The number of rotatable bonds is 47. The normalized spacial score (nSPS) is 19.9. The van der Waals surface area contributed by atoms with E-state index in [4.69, 9.17) is 14.2 Å². The number of aryl methyl sites for hydroxylation is 1. The highest BCUT2D eigenvalue weighted by atomic mass is 16.7. The molecule has 0 aliphatic carbocycles. The van der Waals surface area contributed by atoms with Crippen LogP contribution in [0.5, 0.6) is 0 Å². The first-order valence-electron chi connectivity index (χ1n) is 28.8. The van der Waals surface area contributed by atoms with Gasteiger partial charge in [-0.2, -0.15) is 0 Å². The lowest BCUT2D eigenvalue weighted by molar-refractivity contribution is -0.310. The maximum absolute atomic E-state index is 13.3. The van der Waals surface area contributed by atoms with E-state index in [1.54, 1.807) is 0 Å². The molecule has 1 aromatic rings. The molecule has 1 aliphatic heterocycles. The van der Waals surface area contributed by atoms with E-state index in [1.807, 2.05) is 31.2 Å². The lowest BCUT2D eigenvalue weighted by Gasteiger charge is -2.42. The molecule has 398 valence electrons. The van der Waals surface area contributed by atoms with Crippen molar-refractivity contribution in [3.05, 3.63) is 35.4 Å². The van der Waals surface area contributed by atoms with Crippen LogP contribution < -0.4 is 5.32 Å². The fraction of sp³-hybridized carbons (Fsp3) is 0.879. The first kappa shape index (κ1) is 62.5. The minimum atomic E-state index is -1.52.